The molecule has 100 valence electrons. The van der Waals surface area contributed by atoms with Gasteiger partial charge < -0.3 is 15.2 Å². The summed E-state index contributed by atoms with van der Waals surface area (Å²) in [6.07, 6.45) is 0.818. The summed E-state index contributed by atoms with van der Waals surface area (Å²) in [6, 6.07) is 4.86. The van der Waals surface area contributed by atoms with Gasteiger partial charge in [-0.05, 0) is 24.0 Å². The fourth-order valence-corrected chi connectivity index (χ4v) is 1.39. The molecule has 0 bridgehead atoms. The molecule has 0 aliphatic heterocycles. The second kappa shape index (κ2) is 5.76. The Hall–Kier alpha value is -1.71. The van der Waals surface area contributed by atoms with E-state index >= 15 is 0 Å². The van der Waals surface area contributed by atoms with Gasteiger partial charge in [-0.15, -0.1) is 0 Å². The highest BCUT2D eigenvalue weighted by atomic mass is 16.5. The van der Waals surface area contributed by atoms with Gasteiger partial charge in [0.15, 0.2) is 0 Å². The van der Waals surface area contributed by atoms with E-state index < -0.39 is 0 Å². The van der Waals surface area contributed by atoms with Crippen LogP contribution in [-0.2, 0) is 4.74 Å². The van der Waals surface area contributed by atoms with E-state index in [1.165, 1.54) is 7.11 Å². The summed E-state index contributed by atoms with van der Waals surface area (Å²) < 4.78 is 10.3. The zero-order chi connectivity index (χ0) is 13.8. The first-order valence-electron chi connectivity index (χ1n) is 5.93. The summed E-state index contributed by atoms with van der Waals surface area (Å²) in [5.74, 6) is 0.183. The van der Waals surface area contributed by atoms with Crippen molar-refractivity contribution < 1.29 is 14.3 Å². The molecule has 0 saturated carbocycles. The maximum Gasteiger partial charge on any atom is 0.338 e. The summed E-state index contributed by atoms with van der Waals surface area (Å²) in [7, 11) is 1.53. The van der Waals surface area contributed by atoms with Gasteiger partial charge in [-0.1, -0.05) is 20.8 Å². The topological polar surface area (TPSA) is 61.5 Å². The Balaban J connectivity index is 2.64. The van der Waals surface area contributed by atoms with Crippen LogP contribution in [0.15, 0.2) is 18.2 Å². The van der Waals surface area contributed by atoms with Crippen LogP contribution in [0.5, 0.6) is 5.75 Å². The largest absolute Gasteiger partial charge is 0.497 e. The van der Waals surface area contributed by atoms with Gasteiger partial charge in [0.1, 0.15) is 5.75 Å². The third-order valence-corrected chi connectivity index (χ3v) is 2.49. The van der Waals surface area contributed by atoms with E-state index in [0.717, 1.165) is 6.42 Å². The zero-order valence-electron chi connectivity index (χ0n) is 11.4. The third-order valence-electron chi connectivity index (χ3n) is 2.49. The van der Waals surface area contributed by atoms with E-state index in [2.05, 4.69) is 20.8 Å². The molecule has 0 saturated heterocycles. The van der Waals surface area contributed by atoms with Crippen LogP contribution in [-0.4, -0.2) is 19.7 Å². The van der Waals surface area contributed by atoms with Crippen LogP contribution in [0.2, 0.25) is 0 Å². The molecular weight excluding hydrogens is 230 g/mol. The molecular formula is C14H21NO3. The lowest BCUT2D eigenvalue weighted by molar-refractivity contribution is 0.0464. The molecule has 18 heavy (non-hydrogen) atoms. The molecule has 1 aromatic carbocycles. The van der Waals surface area contributed by atoms with Gasteiger partial charge in [0.25, 0.3) is 0 Å². The standard InChI is InChI=1S/C14H21NO3/c1-14(2,3)5-6-18-13(16)10-7-11(15)9-12(8-10)17-4/h7-9H,5-6,15H2,1-4H3. The molecule has 0 fully saturated rings. The lowest BCUT2D eigenvalue weighted by atomic mass is 9.93. The van der Waals surface area contributed by atoms with Gasteiger partial charge in [0, 0.05) is 11.8 Å². The van der Waals surface area contributed by atoms with Crippen LogP contribution in [0, 0.1) is 5.41 Å². The van der Waals surface area contributed by atoms with E-state index in [1.807, 2.05) is 0 Å². The third kappa shape index (κ3) is 4.65. The molecule has 1 rings (SSSR count). The Morgan fingerprint density at radius 3 is 2.50 bits per heavy atom. The smallest absolute Gasteiger partial charge is 0.338 e. The second-order valence-corrected chi connectivity index (χ2v) is 5.44. The van der Waals surface area contributed by atoms with E-state index in [0.29, 0.717) is 23.6 Å². The number of carbonyl (C=O) groups excluding carboxylic acids is 1. The van der Waals surface area contributed by atoms with Gasteiger partial charge in [-0.25, -0.2) is 4.79 Å². The molecule has 4 heteroatoms. The van der Waals surface area contributed by atoms with Gasteiger partial charge in [-0.2, -0.15) is 0 Å². The number of hydrogen-bond acceptors (Lipinski definition) is 4. The summed E-state index contributed by atoms with van der Waals surface area (Å²) in [6.45, 7) is 6.71. The normalized spacial score (nSPS) is 11.1. The van der Waals surface area contributed by atoms with Gasteiger partial charge in [0.05, 0.1) is 19.3 Å². The number of nitrogen functional groups attached to an aromatic ring is 1. The maximum absolute atomic E-state index is 11.8. The summed E-state index contributed by atoms with van der Waals surface area (Å²) in [5, 5.41) is 0. The summed E-state index contributed by atoms with van der Waals surface area (Å²) >= 11 is 0. The van der Waals surface area contributed by atoms with Crippen LogP contribution in [0.3, 0.4) is 0 Å². The van der Waals surface area contributed by atoms with Crippen molar-refractivity contribution in [1.29, 1.82) is 0 Å². The molecule has 0 aromatic heterocycles. The Morgan fingerprint density at radius 2 is 1.94 bits per heavy atom. The fourth-order valence-electron chi connectivity index (χ4n) is 1.39. The van der Waals surface area contributed by atoms with Crippen LogP contribution in [0.4, 0.5) is 5.69 Å². The van der Waals surface area contributed by atoms with Crippen molar-refractivity contribution in [3.8, 4) is 5.75 Å². The Labute approximate surface area is 108 Å². The van der Waals surface area contributed by atoms with Crippen LogP contribution < -0.4 is 10.5 Å². The number of benzene rings is 1. The molecule has 0 spiro atoms. The van der Waals surface area contributed by atoms with Crippen molar-refractivity contribution >= 4 is 11.7 Å². The van der Waals surface area contributed by atoms with Crippen molar-refractivity contribution in [3.63, 3.8) is 0 Å². The van der Waals surface area contributed by atoms with Gasteiger partial charge in [-0.3, -0.25) is 0 Å². The molecule has 0 atom stereocenters. The molecule has 0 unspecified atom stereocenters. The lowest BCUT2D eigenvalue weighted by Gasteiger charge is -2.17. The van der Waals surface area contributed by atoms with Crippen LogP contribution in [0.25, 0.3) is 0 Å². The minimum absolute atomic E-state index is 0.147. The minimum atomic E-state index is -0.371. The molecule has 0 aliphatic rings. The first-order valence-corrected chi connectivity index (χ1v) is 5.93. The summed E-state index contributed by atoms with van der Waals surface area (Å²) in [4.78, 5) is 11.8. The predicted octanol–water partition coefficient (Wildman–Crippen LogP) is 2.87. The molecule has 4 nitrogen and oxygen atoms in total. The van der Waals surface area contributed by atoms with Crippen molar-refractivity contribution in [2.45, 2.75) is 27.2 Å². The molecule has 1 aromatic rings. The number of hydrogen-bond donors (Lipinski definition) is 1. The lowest BCUT2D eigenvalue weighted by Crippen LogP contribution is -2.13. The Morgan fingerprint density at radius 1 is 1.28 bits per heavy atom. The highest BCUT2D eigenvalue weighted by Crippen LogP contribution is 2.21. The first-order chi connectivity index (χ1) is 8.31. The number of methoxy groups -OCH3 is 1. The maximum atomic E-state index is 11.8. The Bertz CT molecular complexity index is 422. The predicted molar refractivity (Wildman–Crippen MR) is 71.8 cm³/mol. The van der Waals surface area contributed by atoms with E-state index in [-0.39, 0.29) is 11.4 Å². The van der Waals surface area contributed by atoms with E-state index in [4.69, 9.17) is 15.2 Å². The highest BCUT2D eigenvalue weighted by molar-refractivity contribution is 5.91. The second-order valence-electron chi connectivity index (χ2n) is 5.44. The summed E-state index contributed by atoms with van der Waals surface area (Å²) in [5.41, 5.74) is 6.73. The zero-order valence-corrected chi connectivity index (χ0v) is 11.4. The van der Waals surface area contributed by atoms with Gasteiger partial charge >= 0.3 is 5.97 Å². The quantitative estimate of drug-likeness (QED) is 0.660. The highest BCUT2D eigenvalue weighted by Gasteiger charge is 2.13. The van der Waals surface area contributed by atoms with E-state index in [9.17, 15) is 4.79 Å². The van der Waals surface area contributed by atoms with Crippen molar-refractivity contribution in [2.24, 2.45) is 5.41 Å². The van der Waals surface area contributed by atoms with Gasteiger partial charge in [0.2, 0.25) is 0 Å². The number of anilines is 1. The number of carbonyl (C=O) groups is 1. The van der Waals surface area contributed by atoms with Crippen molar-refractivity contribution in [3.05, 3.63) is 23.8 Å². The van der Waals surface area contributed by atoms with Crippen molar-refractivity contribution in [1.82, 2.24) is 0 Å². The molecule has 0 heterocycles. The first kappa shape index (κ1) is 14.4. The molecule has 2 N–H and O–H groups in total. The average Bonchev–Trinajstić information content (AvgIpc) is 2.26. The monoisotopic (exact) mass is 251 g/mol. The number of nitrogens with two attached hydrogens (primary N) is 1. The van der Waals surface area contributed by atoms with E-state index in [1.54, 1.807) is 18.2 Å². The number of ether oxygens (including phenoxy) is 2. The SMILES string of the molecule is COc1cc(N)cc(C(=O)OCCC(C)(C)C)c1. The average molecular weight is 251 g/mol. The Kier molecular flexibility index (Phi) is 4.59. The molecule has 0 radical (unpaired) electrons. The number of esters is 1. The molecule has 0 aliphatic carbocycles. The fraction of sp³-hybridized carbons (Fsp3) is 0.500. The van der Waals surface area contributed by atoms with Crippen LogP contribution >= 0.6 is 0 Å². The molecule has 0 amide bonds. The minimum Gasteiger partial charge on any atom is -0.497 e. The number of rotatable bonds is 4. The van der Waals surface area contributed by atoms with Crippen molar-refractivity contribution in [2.75, 3.05) is 19.5 Å². The van der Waals surface area contributed by atoms with Crippen LogP contribution in [0.1, 0.15) is 37.6 Å².